The summed E-state index contributed by atoms with van der Waals surface area (Å²) in [5, 5.41) is 8.56. The Balaban J connectivity index is 4.50. The molecule has 0 amide bonds. The smallest absolute Gasteiger partial charge is 0.215 e. The van der Waals surface area contributed by atoms with Gasteiger partial charge in [0.05, 0.1) is 11.0 Å². The lowest BCUT2D eigenvalue weighted by Crippen LogP contribution is -2.12. The van der Waals surface area contributed by atoms with Gasteiger partial charge in [0.2, 0.25) is 10.3 Å². The molecule has 48 valence electrons. The highest BCUT2D eigenvalue weighted by Gasteiger charge is 1.98. The van der Waals surface area contributed by atoms with E-state index in [1.54, 1.807) is 0 Å². The number of aliphatic hydroxyl groups is 1. The summed E-state index contributed by atoms with van der Waals surface area (Å²) in [6.07, 6.45) is -0.853. The molecular formula is C4H8O3S. The van der Waals surface area contributed by atoms with E-state index in [1.165, 1.54) is 13.8 Å². The highest BCUT2D eigenvalue weighted by Crippen LogP contribution is 1.80. The zero-order valence-corrected chi connectivity index (χ0v) is 5.57. The minimum absolute atomic E-state index is 0.0741. The van der Waals surface area contributed by atoms with Crippen LogP contribution in [0.25, 0.3) is 0 Å². The third kappa shape index (κ3) is 2.09. The summed E-state index contributed by atoms with van der Waals surface area (Å²) in [5.74, 6) is 0. The predicted molar refractivity (Wildman–Crippen MR) is 31.3 cm³/mol. The fourth-order valence-corrected chi connectivity index (χ4v) is 0.418. The van der Waals surface area contributed by atoms with Gasteiger partial charge in [-0.25, -0.2) is 0 Å². The molecule has 1 atom stereocenters. The van der Waals surface area contributed by atoms with Crippen LogP contribution < -0.4 is 0 Å². The summed E-state index contributed by atoms with van der Waals surface area (Å²) in [7, 11) is -2.22. The lowest BCUT2D eigenvalue weighted by Gasteiger charge is -1.94. The molecule has 3 nitrogen and oxygen atoms in total. The maximum Gasteiger partial charge on any atom is 0.215 e. The number of hydrogen-bond donors (Lipinski definition) is 1. The van der Waals surface area contributed by atoms with E-state index in [0.29, 0.717) is 0 Å². The van der Waals surface area contributed by atoms with Crippen molar-refractivity contribution in [1.82, 2.24) is 0 Å². The van der Waals surface area contributed by atoms with Crippen LogP contribution in [0.4, 0.5) is 0 Å². The fourth-order valence-electron chi connectivity index (χ4n) is 0.139. The molecule has 0 aliphatic heterocycles. The van der Waals surface area contributed by atoms with Gasteiger partial charge in [-0.1, -0.05) is 0 Å². The molecule has 0 aromatic heterocycles. The van der Waals surface area contributed by atoms with Crippen LogP contribution >= 0.6 is 0 Å². The molecular weight excluding hydrogens is 128 g/mol. The largest absolute Gasteiger partial charge is 0.388 e. The van der Waals surface area contributed by atoms with Crippen LogP contribution in [0.15, 0.2) is 0 Å². The molecule has 1 unspecified atom stereocenters. The van der Waals surface area contributed by atoms with Crippen molar-refractivity contribution in [3.63, 3.8) is 0 Å². The van der Waals surface area contributed by atoms with Crippen molar-refractivity contribution in [3.8, 4) is 0 Å². The van der Waals surface area contributed by atoms with Crippen molar-refractivity contribution >= 4 is 15.2 Å². The molecule has 0 heterocycles. The van der Waals surface area contributed by atoms with Gasteiger partial charge in [-0.3, -0.25) is 0 Å². The minimum atomic E-state index is -2.22. The average molecular weight is 136 g/mol. The second-order valence-corrected chi connectivity index (χ2v) is 2.63. The van der Waals surface area contributed by atoms with Crippen LogP contribution in [0, 0.1) is 0 Å². The summed E-state index contributed by atoms with van der Waals surface area (Å²) >= 11 is 0. The monoisotopic (exact) mass is 136 g/mol. The van der Waals surface area contributed by atoms with Crippen molar-refractivity contribution in [2.75, 3.05) is 0 Å². The SMILES string of the molecule is CC(C(C)O)=S(=O)=O. The highest BCUT2D eigenvalue weighted by atomic mass is 32.2. The second-order valence-electron chi connectivity index (χ2n) is 1.52. The van der Waals surface area contributed by atoms with E-state index >= 15 is 0 Å². The van der Waals surface area contributed by atoms with Crippen LogP contribution in [0.1, 0.15) is 13.8 Å². The Hall–Kier alpha value is -0.350. The van der Waals surface area contributed by atoms with Gasteiger partial charge in [0.25, 0.3) is 0 Å². The van der Waals surface area contributed by atoms with Gasteiger partial charge in [-0.15, -0.1) is 0 Å². The van der Waals surface area contributed by atoms with Gasteiger partial charge in [0.1, 0.15) is 0 Å². The van der Waals surface area contributed by atoms with E-state index in [9.17, 15) is 8.42 Å². The fraction of sp³-hybridized carbons (Fsp3) is 0.750. The molecule has 4 heteroatoms. The summed E-state index contributed by atoms with van der Waals surface area (Å²) in [6.45, 7) is 2.78. The van der Waals surface area contributed by atoms with Gasteiger partial charge < -0.3 is 5.11 Å². The molecule has 0 saturated carbocycles. The van der Waals surface area contributed by atoms with Gasteiger partial charge in [0.15, 0.2) is 0 Å². The summed E-state index contributed by atoms with van der Waals surface area (Å²) in [6, 6.07) is 0. The molecule has 0 aromatic rings. The first-order valence-electron chi connectivity index (χ1n) is 2.16. The third-order valence-electron chi connectivity index (χ3n) is 0.851. The molecule has 0 aliphatic carbocycles. The zero-order valence-electron chi connectivity index (χ0n) is 4.75. The molecule has 0 bridgehead atoms. The normalized spacial score (nSPS) is 12.9. The van der Waals surface area contributed by atoms with Crippen molar-refractivity contribution in [2.24, 2.45) is 0 Å². The Bertz CT molecular complexity index is 179. The minimum Gasteiger partial charge on any atom is -0.388 e. The van der Waals surface area contributed by atoms with E-state index in [-0.39, 0.29) is 4.86 Å². The number of hydrogen-bond acceptors (Lipinski definition) is 3. The highest BCUT2D eigenvalue weighted by molar-refractivity contribution is 7.73. The molecule has 0 saturated heterocycles. The molecule has 0 fully saturated rings. The van der Waals surface area contributed by atoms with E-state index < -0.39 is 16.4 Å². The Morgan fingerprint density at radius 1 is 1.62 bits per heavy atom. The van der Waals surface area contributed by atoms with E-state index in [1.807, 2.05) is 0 Å². The van der Waals surface area contributed by atoms with Crippen LogP contribution in [0.2, 0.25) is 0 Å². The first-order chi connectivity index (χ1) is 3.55. The molecule has 0 aromatic carbocycles. The van der Waals surface area contributed by atoms with Crippen molar-refractivity contribution in [3.05, 3.63) is 0 Å². The van der Waals surface area contributed by atoms with E-state index in [2.05, 4.69) is 0 Å². The zero-order chi connectivity index (χ0) is 6.73. The van der Waals surface area contributed by atoms with Gasteiger partial charge in [0, 0.05) is 0 Å². The van der Waals surface area contributed by atoms with E-state index in [0.717, 1.165) is 0 Å². The second kappa shape index (κ2) is 2.84. The lowest BCUT2D eigenvalue weighted by molar-refractivity contribution is 0.264. The number of aliphatic hydroxyl groups excluding tert-OH is 1. The van der Waals surface area contributed by atoms with Crippen molar-refractivity contribution < 1.29 is 13.5 Å². The lowest BCUT2D eigenvalue weighted by atomic mass is 10.3. The van der Waals surface area contributed by atoms with Gasteiger partial charge in [-0.05, 0) is 13.8 Å². The summed E-state index contributed by atoms with van der Waals surface area (Å²) in [5.41, 5.74) is 0. The van der Waals surface area contributed by atoms with Crippen LogP contribution in [0.3, 0.4) is 0 Å². The van der Waals surface area contributed by atoms with Crippen LogP contribution in [-0.4, -0.2) is 24.5 Å². The quantitative estimate of drug-likeness (QED) is 0.491. The van der Waals surface area contributed by atoms with E-state index in [4.69, 9.17) is 5.11 Å². The Morgan fingerprint density at radius 2 is 2.00 bits per heavy atom. The summed E-state index contributed by atoms with van der Waals surface area (Å²) < 4.78 is 19.9. The van der Waals surface area contributed by atoms with Crippen molar-refractivity contribution in [2.45, 2.75) is 20.0 Å². The molecule has 0 aliphatic rings. The Labute approximate surface area is 49.5 Å². The maximum atomic E-state index is 9.94. The topological polar surface area (TPSA) is 54.4 Å². The van der Waals surface area contributed by atoms with Gasteiger partial charge >= 0.3 is 0 Å². The van der Waals surface area contributed by atoms with Crippen molar-refractivity contribution in [1.29, 1.82) is 0 Å². The molecule has 8 heavy (non-hydrogen) atoms. The van der Waals surface area contributed by atoms with Crippen LogP contribution in [0.5, 0.6) is 0 Å². The Kier molecular flexibility index (Phi) is 2.71. The summed E-state index contributed by atoms with van der Waals surface area (Å²) in [4.78, 5) is 0.0741. The molecule has 1 N–H and O–H groups in total. The average Bonchev–Trinajstić information content (AvgIpc) is 1.64. The molecule has 0 rings (SSSR count). The third-order valence-corrected chi connectivity index (χ3v) is 1.72. The van der Waals surface area contributed by atoms with Crippen LogP contribution in [-0.2, 0) is 10.3 Å². The first-order valence-corrected chi connectivity index (χ1v) is 3.24. The number of rotatable bonds is 1. The maximum absolute atomic E-state index is 9.94. The standard InChI is InChI=1S/C4H8O3S/c1-3(5)4(2)8(6)7/h3,5H,1-2H3. The first kappa shape index (κ1) is 7.65. The van der Waals surface area contributed by atoms with Gasteiger partial charge in [-0.2, -0.15) is 8.42 Å². The predicted octanol–water partition coefficient (Wildman–Crippen LogP) is -0.561. The Morgan fingerprint density at radius 3 is 2.00 bits per heavy atom. The molecule has 0 radical (unpaired) electrons. The molecule has 0 spiro atoms.